The van der Waals surface area contributed by atoms with E-state index in [1.807, 2.05) is 0 Å². The van der Waals surface area contributed by atoms with Crippen molar-refractivity contribution in [2.45, 2.75) is 6.42 Å². The number of carbonyl (C=O) groups is 1. The fraction of sp³-hybridized carbons (Fsp3) is 0.375. The summed E-state index contributed by atoms with van der Waals surface area (Å²) in [5.41, 5.74) is 7.31. The molecule has 3 N–H and O–H groups in total. The highest BCUT2D eigenvalue weighted by Crippen LogP contribution is 2.23. The molecule has 1 heterocycles. The molecular formula is C8H10N2O2. The zero-order valence-electron chi connectivity index (χ0n) is 6.50. The van der Waals surface area contributed by atoms with E-state index in [0.29, 0.717) is 11.5 Å². The van der Waals surface area contributed by atoms with E-state index in [0.717, 1.165) is 18.7 Å². The number of hydrogen-bond donors (Lipinski definition) is 3. The van der Waals surface area contributed by atoms with Gasteiger partial charge in [0.1, 0.15) is 0 Å². The summed E-state index contributed by atoms with van der Waals surface area (Å²) >= 11 is 0. The molecule has 0 aromatic rings. The van der Waals surface area contributed by atoms with E-state index < -0.39 is 5.97 Å². The van der Waals surface area contributed by atoms with Crippen LogP contribution in [0.4, 0.5) is 0 Å². The first-order valence-electron chi connectivity index (χ1n) is 3.91. The molecule has 1 fully saturated rings. The van der Waals surface area contributed by atoms with Crippen molar-refractivity contribution in [1.82, 2.24) is 10.9 Å². The Balaban J connectivity index is 2.22. The molecule has 4 nitrogen and oxygen atoms in total. The average Bonchev–Trinajstić information content (AvgIpc) is 2.49. The van der Waals surface area contributed by atoms with E-state index in [1.54, 1.807) is 12.2 Å². The molecule has 1 atom stereocenters. The molecule has 64 valence electrons. The minimum atomic E-state index is -0.852. The van der Waals surface area contributed by atoms with Crippen molar-refractivity contribution in [2.75, 3.05) is 6.54 Å². The monoisotopic (exact) mass is 166 g/mol. The van der Waals surface area contributed by atoms with Crippen LogP contribution < -0.4 is 10.9 Å². The predicted octanol–water partition coefficient (Wildman–Crippen LogP) is 0.00900. The summed E-state index contributed by atoms with van der Waals surface area (Å²) < 4.78 is 0. The maximum absolute atomic E-state index is 10.6. The van der Waals surface area contributed by atoms with E-state index in [1.165, 1.54) is 0 Å². The SMILES string of the molecule is O=C(O)C1=CCC2CNNC2=C1. The number of hydrazine groups is 1. The number of hydrogen-bond acceptors (Lipinski definition) is 3. The third kappa shape index (κ3) is 1.10. The van der Waals surface area contributed by atoms with Crippen LogP contribution in [-0.2, 0) is 4.79 Å². The van der Waals surface area contributed by atoms with Gasteiger partial charge in [-0.15, -0.1) is 0 Å². The number of allylic oxidation sites excluding steroid dienone is 1. The number of aliphatic carboxylic acids is 1. The van der Waals surface area contributed by atoms with Gasteiger partial charge in [0.2, 0.25) is 0 Å². The first-order valence-corrected chi connectivity index (χ1v) is 3.91. The highest BCUT2D eigenvalue weighted by molar-refractivity contribution is 5.90. The summed E-state index contributed by atoms with van der Waals surface area (Å²) in [4.78, 5) is 10.6. The van der Waals surface area contributed by atoms with E-state index in [4.69, 9.17) is 5.11 Å². The van der Waals surface area contributed by atoms with Gasteiger partial charge in [-0.05, 0) is 12.5 Å². The van der Waals surface area contributed by atoms with Crippen molar-refractivity contribution >= 4 is 5.97 Å². The molecule has 1 saturated heterocycles. The number of rotatable bonds is 1. The lowest BCUT2D eigenvalue weighted by atomic mass is 9.95. The summed E-state index contributed by atoms with van der Waals surface area (Å²) in [7, 11) is 0. The van der Waals surface area contributed by atoms with Crippen LogP contribution in [0, 0.1) is 5.92 Å². The van der Waals surface area contributed by atoms with Gasteiger partial charge >= 0.3 is 5.97 Å². The summed E-state index contributed by atoms with van der Waals surface area (Å²) in [6.07, 6.45) is 4.27. The predicted molar refractivity (Wildman–Crippen MR) is 43.0 cm³/mol. The molecular weight excluding hydrogens is 156 g/mol. The van der Waals surface area contributed by atoms with Gasteiger partial charge in [-0.25, -0.2) is 10.2 Å². The second kappa shape index (κ2) is 2.64. The molecule has 2 rings (SSSR count). The van der Waals surface area contributed by atoms with Gasteiger partial charge < -0.3 is 10.5 Å². The minimum absolute atomic E-state index is 0.387. The number of carboxylic acid groups (broad SMARTS) is 1. The van der Waals surface area contributed by atoms with Gasteiger partial charge in [-0.2, -0.15) is 0 Å². The molecule has 1 unspecified atom stereocenters. The van der Waals surface area contributed by atoms with Crippen LogP contribution in [0.25, 0.3) is 0 Å². The van der Waals surface area contributed by atoms with Gasteiger partial charge in [0.05, 0.1) is 5.57 Å². The first-order chi connectivity index (χ1) is 5.77. The van der Waals surface area contributed by atoms with Crippen LogP contribution in [0.1, 0.15) is 6.42 Å². The second-order valence-corrected chi connectivity index (χ2v) is 3.00. The van der Waals surface area contributed by atoms with Crippen molar-refractivity contribution in [2.24, 2.45) is 5.92 Å². The number of nitrogens with one attached hydrogen (secondary N) is 2. The van der Waals surface area contributed by atoms with E-state index in [9.17, 15) is 4.79 Å². The molecule has 0 aromatic heterocycles. The maximum atomic E-state index is 10.6. The summed E-state index contributed by atoms with van der Waals surface area (Å²) in [5.74, 6) is -0.414. The number of carboxylic acids is 1. The van der Waals surface area contributed by atoms with Crippen LogP contribution in [0.2, 0.25) is 0 Å². The Hall–Kier alpha value is -1.29. The van der Waals surface area contributed by atoms with E-state index >= 15 is 0 Å². The van der Waals surface area contributed by atoms with Crippen molar-refractivity contribution in [1.29, 1.82) is 0 Å². The number of fused-ring (bicyclic) bond motifs is 1. The van der Waals surface area contributed by atoms with Crippen molar-refractivity contribution in [3.8, 4) is 0 Å². The summed E-state index contributed by atoms with van der Waals surface area (Å²) in [5, 5.41) is 8.70. The Kier molecular flexibility index (Phi) is 1.62. The Morgan fingerprint density at radius 2 is 2.50 bits per heavy atom. The van der Waals surface area contributed by atoms with Gasteiger partial charge in [-0.1, -0.05) is 6.08 Å². The lowest BCUT2D eigenvalue weighted by Crippen LogP contribution is -2.20. The minimum Gasteiger partial charge on any atom is -0.478 e. The lowest BCUT2D eigenvalue weighted by molar-refractivity contribution is -0.132. The van der Waals surface area contributed by atoms with Crippen molar-refractivity contribution in [3.63, 3.8) is 0 Å². The van der Waals surface area contributed by atoms with Crippen molar-refractivity contribution < 1.29 is 9.90 Å². The van der Waals surface area contributed by atoms with Gasteiger partial charge in [0.15, 0.2) is 0 Å². The molecule has 0 saturated carbocycles. The quantitative estimate of drug-likeness (QED) is 0.513. The largest absolute Gasteiger partial charge is 0.478 e. The zero-order valence-corrected chi connectivity index (χ0v) is 6.50. The molecule has 12 heavy (non-hydrogen) atoms. The Morgan fingerprint density at radius 3 is 3.25 bits per heavy atom. The van der Waals surface area contributed by atoms with Gasteiger partial charge in [0, 0.05) is 18.2 Å². The van der Waals surface area contributed by atoms with Gasteiger partial charge in [-0.3, -0.25) is 0 Å². The molecule has 0 amide bonds. The molecule has 1 aliphatic heterocycles. The normalized spacial score (nSPS) is 26.8. The maximum Gasteiger partial charge on any atom is 0.335 e. The molecule has 0 aromatic carbocycles. The summed E-state index contributed by atoms with van der Waals surface area (Å²) in [6.45, 7) is 0.884. The molecule has 2 aliphatic rings. The van der Waals surface area contributed by atoms with Crippen LogP contribution >= 0.6 is 0 Å². The van der Waals surface area contributed by atoms with Crippen LogP contribution in [0.5, 0.6) is 0 Å². The van der Waals surface area contributed by atoms with Crippen LogP contribution in [-0.4, -0.2) is 17.6 Å². The zero-order chi connectivity index (χ0) is 8.55. The van der Waals surface area contributed by atoms with E-state index in [2.05, 4.69) is 10.9 Å². The molecule has 4 heteroatoms. The van der Waals surface area contributed by atoms with Gasteiger partial charge in [0.25, 0.3) is 0 Å². The highest BCUT2D eigenvalue weighted by Gasteiger charge is 2.24. The topological polar surface area (TPSA) is 61.4 Å². The first kappa shape index (κ1) is 7.36. The molecule has 1 aliphatic carbocycles. The fourth-order valence-corrected chi connectivity index (χ4v) is 1.50. The Morgan fingerprint density at radius 1 is 1.67 bits per heavy atom. The average molecular weight is 166 g/mol. The smallest absolute Gasteiger partial charge is 0.335 e. The standard InChI is InChI=1S/C8H10N2O2/c11-8(12)5-1-2-6-4-9-10-7(6)3-5/h1,3,6,9-10H,2,4H2,(H,11,12). The third-order valence-electron chi connectivity index (χ3n) is 2.20. The third-order valence-corrected chi connectivity index (χ3v) is 2.20. The molecule has 0 radical (unpaired) electrons. The fourth-order valence-electron chi connectivity index (χ4n) is 1.50. The molecule has 0 spiro atoms. The lowest BCUT2D eigenvalue weighted by Gasteiger charge is -2.12. The molecule has 0 bridgehead atoms. The Labute approximate surface area is 69.9 Å². The van der Waals surface area contributed by atoms with E-state index in [-0.39, 0.29) is 0 Å². The second-order valence-electron chi connectivity index (χ2n) is 3.00. The van der Waals surface area contributed by atoms with Crippen molar-refractivity contribution in [3.05, 3.63) is 23.4 Å². The highest BCUT2D eigenvalue weighted by atomic mass is 16.4. The Bertz CT molecular complexity index is 281. The summed E-state index contributed by atoms with van der Waals surface area (Å²) in [6, 6.07) is 0. The van der Waals surface area contributed by atoms with Crippen LogP contribution in [0.15, 0.2) is 23.4 Å². The van der Waals surface area contributed by atoms with Crippen LogP contribution in [0.3, 0.4) is 0 Å².